The van der Waals surface area contributed by atoms with Crippen LogP contribution in [-0.4, -0.2) is 16.8 Å². The van der Waals surface area contributed by atoms with E-state index in [0.29, 0.717) is 17.8 Å². The lowest BCUT2D eigenvalue weighted by atomic mass is 10.2. The minimum atomic E-state index is -2.92. The Balaban J connectivity index is 2.33. The zero-order valence-corrected chi connectivity index (χ0v) is 10.2. The number of para-hydroxylation sites is 1. The van der Waals surface area contributed by atoms with Crippen molar-refractivity contribution in [2.45, 2.75) is 26.0 Å². The van der Waals surface area contributed by atoms with Gasteiger partial charge in [0.15, 0.2) is 5.82 Å². The van der Waals surface area contributed by atoms with E-state index < -0.39 is 6.61 Å². The Morgan fingerprint density at radius 3 is 2.79 bits per heavy atom. The van der Waals surface area contributed by atoms with Gasteiger partial charge in [0, 0.05) is 0 Å². The first-order valence-electron chi connectivity index (χ1n) is 5.75. The largest absolute Gasteiger partial charge is 0.434 e. The first kappa shape index (κ1) is 13.4. The van der Waals surface area contributed by atoms with E-state index in [0.717, 1.165) is 0 Å². The van der Waals surface area contributed by atoms with Crippen molar-refractivity contribution >= 4 is 0 Å². The monoisotopic (exact) mass is 269 g/mol. The molecule has 0 saturated carbocycles. The molecule has 1 aromatic carbocycles. The van der Waals surface area contributed by atoms with Crippen LogP contribution < -0.4 is 10.5 Å². The molecule has 5 nitrogen and oxygen atoms in total. The molecule has 1 aromatic heterocycles. The molecule has 0 aliphatic heterocycles. The number of nitrogens with two attached hydrogens (primary N) is 1. The average Bonchev–Trinajstić information content (AvgIpc) is 2.87. The van der Waals surface area contributed by atoms with Crippen LogP contribution in [0.3, 0.4) is 0 Å². The SMILES string of the molecule is CCC(N)c1noc(-c2ccccc2OC(F)F)n1. The van der Waals surface area contributed by atoms with Crippen molar-refractivity contribution in [3.8, 4) is 17.2 Å². The maximum absolute atomic E-state index is 12.3. The number of alkyl halides is 2. The molecule has 0 radical (unpaired) electrons. The first-order valence-corrected chi connectivity index (χ1v) is 5.75. The number of hydrogen-bond acceptors (Lipinski definition) is 5. The molecular formula is C12H13F2N3O2. The van der Waals surface area contributed by atoms with Gasteiger partial charge in [0.25, 0.3) is 5.89 Å². The summed E-state index contributed by atoms with van der Waals surface area (Å²) in [5.74, 6) is 0.428. The topological polar surface area (TPSA) is 74.2 Å². The lowest BCUT2D eigenvalue weighted by Gasteiger charge is -2.07. The van der Waals surface area contributed by atoms with Gasteiger partial charge in [0.05, 0.1) is 11.6 Å². The van der Waals surface area contributed by atoms with E-state index in [1.165, 1.54) is 6.07 Å². The third-order valence-electron chi connectivity index (χ3n) is 2.55. The number of aromatic nitrogens is 2. The Bertz CT molecular complexity index is 545. The molecule has 0 fully saturated rings. The molecule has 0 saturated heterocycles. The number of nitrogens with zero attached hydrogens (tertiary/aromatic N) is 2. The molecular weight excluding hydrogens is 256 g/mol. The number of rotatable bonds is 5. The van der Waals surface area contributed by atoms with Crippen LogP contribution in [0.1, 0.15) is 25.2 Å². The summed E-state index contributed by atoms with van der Waals surface area (Å²) < 4.78 is 34.0. The molecule has 2 aromatic rings. The van der Waals surface area contributed by atoms with Gasteiger partial charge in [-0.1, -0.05) is 24.2 Å². The van der Waals surface area contributed by atoms with Crippen LogP contribution in [0.25, 0.3) is 11.5 Å². The summed E-state index contributed by atoms with van der Waals surface area (Å²) in [7, 11) is 0. The molecule has 19 heavy (non-hydrogen) atoms. The third-order valence-corrected chi connectivity index (χ3v) is 2.55. The zero-order chi connectivity index (χ0) is 13.8. The summed E-state index contributed by atoms with van der Waals surface area (Å²) in [5, 5.41) is 3.73. The predicted octanol–water partition coefficient (Wildman–Crippen LogP) is 2.75. The normalized spacial score (nSPS) is 12.7. The zero-order valence-electron chi connectivity index (χ0n) is 10.2. The van der Waals surface area contributed by atoms with Crippen LogP contribution in [-0.2, 0) is 0 Å². The van der Waals surface area contributed by atoms with Crippen LogP contribution in [0.5, 0.6) is 5.75 Å². The van der Waals surface area contributed by atoms with Crippen molar-refractivity contribution in [3.05, 3.63) is 30.1 Å². The van der Waals surface area contributed by atoms with Gasteiger partial charge in [-0.3, -0.25) is 0 Å². The summed E-state index contributed by atoms with van der Waals surface area (Å²) in [4.78, 5) is 4.09. The van der Waals surface area contributed by atoms with Gasteiger partial charge in [-0.15, -0.1) is 0 Å². The van der Waals surface area contributed by atoms with E-state index in [4.69, 9.17) is 10.3 Å². The van der Waals surface area contributed by atoms with Gasteiger partial charge >= 0.3 is 6.61 Å². The Kier molecular flexibility index (Phi) is 4.06. The fourth-order valence-corrected chi connectivity index (χ4v) is 1.52. The quantitative estimate of drug-likeness (QED) is 0.903. The molecule has 2 N–H and O–H groups in total. The highest BCUT2D eigenvalue weighted by Crippen LogP contribution is 2.30. The highest BCUT2D eigenvalue weighted by Gasteiger charge is 2.18. The van der Waals surface area contributed by atoms with Crippen molar-refractivity contribution in [1.82, 2.24) is 10.1 Å². The summed E-state index contributed by atoms with van der Waals surface area (Å²) in [6, 6.07) is 5.87. The van der Waals surface area contributed by atoms with E-state index in [1.54, 1.807) is 18.2 Å². The Morgan fingerprint density at radius 1 is 1.37 bits per heavy atom. The average molecular weight is 269 g/mol. The van der Waals surface area contributed by atoms with E-state index >= 15 is 0 Å². The van der Waals surface area contributed by atoms with Crippen molar-refractivity contribution in [2.75, 3.05) is 0 Å². The summed E-state index contributed by atoms with van der Waals surface area (Å²) in [6.45, 7) is -1.03. The minimum Gasteiger partial charge on any atom is -0.434 e. The molecule has 1 heterocycles. The molecule has 1 atom stereocenters. The van der Waals surface area contributed by atoms with Crippen LogP contribution in [0.2, 0.25) is 0 Å². The van der Waals surface area contributed by atoms with Gasteiger partial charge in [0.1, 0.15) is 5.75 Å². The second-order valence-electron chi connectivity index (χ2n) is 3.85. The van der Waals surface area contributed by atoms with Gasteiger partial charge in [-0.05, 0) is 18.6 Å². The number of ether oxygens (including phenoxy) is 1. The summed E-state index contributed by atoms with van der Waals surface area (Å²) in [5.41, 5.74) is 6.08. The smallest absolute Gasteiger partial charge is 0.387 e. The predicted molar refractivity (Wildman–Crippen MR) is 63.6 cm³/mol. The van der Waals surface area contributed by atoms with Crippen LogP contribution >= 0.6 is 0 Å². The van der Waals surface area contributed by atoms with Crippen molar-refractivity contribution < 1.29 is 18.0 Å². The van der Waals surface area contributed by atoms with Crippen LogP contribution in [0.4, 0.5) is 8.78 Å². The molecule has 7 heteroatoms. The van der Waals surface area contributed by atoms with Crippen LogP contribution in [0, 0.1) is 0 Å². The lowest BCUT2D eigenvalue weighted by molar-refractivity contribution is -0.0495. The Morgan fingerprint density at radius 2 is 2.11 bits per heavy atom. The second-order valence-corrected chi connectivity index (χ2v) is 3.85. The van der Waals surface area contributed by atoms with E-state index in [9.17, 15) is 8.78 Å². The fourth-order valence-electron chi connectivity index (χ4n) is 1.52. The van der Waals surface area contributed by atoms with Crippen molar-refractivity contribution in [2.24, 2.45) is 5.73 Å². The second kappa shape index (κ2) is 5.75. The minimum absolute atomic E-state index is 0.0160. The van der Waals surface area contributed by atoms with Gasteiger partial charge in [-0.2, -0.15) is 13.8 Å². The van der Waals surface area contributed by atoms with Crippen molar-refractivity contribution in [3.63, 3.8) is 0 Å². The Hall–Kier alpha value is -2.02. The fraction of sp³-hybridized carbons (Fsp3) is 0.333. The first-order chi connectivity index (χ1) is 9.11. The van der Waals surface area contributed by atoms with Gasteiger partial charge < -0.3 is 15.0 Å². The summed E-state index contributed by atoms with van der Waals surface area (Å²) in [6.07, 6.45) is 0.647. The lowest BCUT2D eigenvalue weighted by Crippen LogP contribution is -2.10. The highest BCUT2D eigenvalue weighted by molar-refractivity contribution is 5.62. The maximum atomic E-state index is 12.3. The van der Waals surface area contributed by atoms with Gasteiger partial charge in [-0.25, -0.2) is 0 Å². The molecule has 102 valence electrons. The molecule has 0 aliphatic rings. The van der Waals surface area contributed by atoms with E-state index in [-0.39, 0.29) is 17.7 Å². The molecule has 0 spiro atoms. The number of halogens is 2. The van der Waals surface area contributed by atoms with Gasteiger partial charge in [0.2, 0.25) is 0 Å². The van der Waals surface area contributed by atoms with Crippen molar-refractivity contribution in [1.29, 1.82) is 0 Å². The standard InChI is InChI=1S/C12H13F2N3O2/c1-2-8(15)10-16-11(19-17-10)7-5-3-4-6-9(7)18-12(13)14/h3-6,8,12H,2,15H2,1H3. The summed E-state index contributed by atoms with van der Waals surface area (Å²) >= 11 is 0. The maximum Gasteiger partial charge on any atom is 0.387 e. The third kappa shape index (κ3) is 3.05. The number of benzene rings is 1. The number of hydrogen-bond donors (Lipinski definition) is 1. The molecule has 1 unspecified atom stereocenters. The van der Waals surface area contributed by atoms with Crippen LogP contribution in [0.15, 0.2) is 28.8 Å². The molecule has 0 aliphatic carbocycles. The molecule has 2 rings (SSSR count). The molecule has 0 amide bonds. The van der Waals surface area contributed by atoms with E-state index in [2.05, 4.69) is 14.9 Å². The molecule has 0 bridgehead atoms. The van der Waals surface area contributed by atoms with E-state index in [1.807, 2.05) is 6.92 Å². The highest BCUT2D eigenvalue weighted by atomic mass is 19.3. The Labute approximate surface area is 108 Å².